The van der Waals surface area contributed by atoms with Gasteiger partial charge in [-0.15, -0.1) is 0 Å². The number of H-pyrrole nitrogens is 1. The normalized spacial score (nSPS) is 12.9. The molecule has 3 heterocycles. The minimum absolute atomic E-state index is 0.0341. The van der Waals surface area contributed by atoms with Crippen LogP contribution < -0.4 is 21.3 Å². The number of Topliss-reactive ketones (excluding diaryl/α,β-unsaturated/α-hetero) is 1. The van der Waals surface area contributed by atoms with Gasteiger partial charge in [0.05, 0.1) is 22.9 Å². The number of amides is 4. The van der Waals surface area contributed by atoms with Crippen LogP contribution in [-0.4, -0.2) is 81.9 Å². The molecule has 0 saturated carbocycles. The zero-order valence-corrected chi connectivity index (χ0v) is 33.0. The Hall–Kier alpha value is -6.34. The lowest BCUT2D eigenvalue weighted by Gasteiger charge is -2.18. The molecule has 2 aromatic heterocycles. The maximum atomic E-state index is 13.2. The van der Waals surface area contributed by atoms with Gasteiger partial charge in [0, 0.05) is 72.6 Å². The Morgan fingerprint density at radius 1 is 0.895 bits per heavy atom. The van der Waals surface area contributed by atoms with Crippen LogP contribution >= 0.6 is 0 Å². The molecule has 0 spiro atoms. The minimum atomic E-state index is -0.345. The molecule has 0 bridgehead atoms. The van der Waals surface area contributed by atoms with Gasteiger partial charge in [0.15, 0.2) is 0 Å². The fraction of sp³-hybridized carbons (Fsp3) is 0.318. The van der Waals surface area contributed by atoms with Crippen molar-refractivity contribution >= 4 is 63.5 Å². The molecule has 4 amide bonds. The van der Waals surface area contributed by atoms with Crippen molar-refractivity contribution in [1.82, 2.24) is 30.3 Å². The highest BCUT2D eigenvalue weighted by Gasteiger charge is 2.26. The van der Waals surface area contributed by atoms with Gasteiger partial charge in [0.25, 0.3) is 11.8 Å². The second kappa shape index (κ2) is 18.5. The SMILES string of the molecule is CCN(CC)CCNC(=O)c1c(C)[nH]c(/C=C2\C(=O)Nc3ccc(CC(=O)CCCC(=O)n4ncc5ccc(NC(=O)NCCc6ccccc6)cc54)cc32)c1C. The predicted octanol–water partition coefficient (Wildman–Crippen LogP) is 6.53. The van der Waals surface area contributed by atoms with Gasteiger partial charge < -0.3 is 31.2 Å². The van der Waals surface area contributed by atoms with Crippen molar-refractivity contribution in [3.63, 3.8) is 0 Å². The van der Waals surface area contributed by atoms with Gasteiger partial charge in [0.2, 0.25) is 5.91 Å². The third kappa shape index (κ3) is 9.92. The molecule has 13 heteroatoms. The molecule has 0 saturated heterocycles. The molecule has 0 radical (unpaired) electrons. The number of aryl methyl sites for hydroxylation is 1. The van der Waals surface area contributed by atoms with Crippen molar-refractivity contribution in [3.8, 4) is 0 Å². The summed E-state index contributed by atoms with van der Waals surface area (Å²) in [6, 6.07) is 20.3. The number of benzene rings is 3. The highest BCUT2D eigenvalue weighted by molar-refractivity contribution is 6.35. The standard InChI is InChI=1S/C44H50N8O5/c1-5-51(6-2)22-21-45-43(56)41-28(3)38(48-29(41)4)26-36-35-24-31(15-18-37(35)50-42(36)55)23-34(53)13-10-14-40(54)52-39-25-33(17-16-32(39)27-47-52)49-44(57)46-20-19-30-11-8-7-9-12-30/h7-9,11-12,15-18,24-27,48H,5-6,10,13-14,19-23H2,1-4H3,(H,45,56)(H,50,55)(H2,46,49,57)/b36-26-. The van der Waals surface area contributed by atoms with E-state index in [0.717, 1.165) is 41.7 Å². The van der Waals surface area contributed by atoms with E-state index in [1.165, 1.54) is 4.68 Å². The first kappa shape index (κ1) is 40.3. The van der Waals surface area contributed by atoms with Gasteiger partial charge in [-0.05, 0) is 92.9 Å². The zero-order chi connectivity index (χ0) is 40.5. The quantitative estimate of drug-likeness (QED) is 0.0670. The number of likely N-dealkylation sites (N-methyl/N-ethyl adjacent to an activating group) is 1. The fourth-order valence-corrected chi connectivity index (χ4v) is 7.14. The first-order valence-electron chi connectivity index (χ1n) is 19.5. The summed E-state index contributed by atoms with van der Waals surface area (Å²) in [7, 11) is 0. The lowest BCUT2D eigenvalue weighted by Crippen LogP contribution is -2.35. The van der Waals surface area contributed by atoms with Gasteiger partial charge in [-0.2, -0.15) is 5.10 Å². The van der Waals surface area contributed by atoms with Crippen LogP contribution in [0.25, 0.3) is 22.6 Å². The van der Waals surface area contributed by atoms with E-state index in [0.29, 0.717) is 70.9 Å². The van der Waals surface area contributed by atoms with Crippen molar-refractivity contribution in [1.29, 1.82) is 0 Å². The fourth-order valence-electron chi connectivity index (χ4n) is 7.14. The summed E-state index contributed by atoms with van der Waals surface area (Å²) in [6.45, 7) is 11.5. The van der Waals surface area contributed by atoms with Crippen molar-refractivity contribution < 1.29 is 24.0 Å². The van der Waals surface area contributed by atoms with Crippen LogP contribution in [0.15, 0.2) is 72.9 Å². The molecule has 0 atom stereocenters. The van der Waals surface area contributed by atoms with Gasteiger partial charge in [-0.1, -0.05) is 50.2 Å². The van der Waals surface area contributed by atoms with Crippen LogP contribution in [0.2, 0.25) is 0 Å². The predicted molar refractivity (Wildman–Crippen MR) is 223 cm³/mol. The molecule has 1 aliphatic heterocycles. The van der Waals surface area contributed by atoms with Crippen LogP contribution in [0.3, 0.4) is 0 Å². The molecule has 3 aromatic carbocycles. The lowest BCUT2D eigenvalue weighted by molar-refractivity contribution is -0.118. The first-order valence-corrected chi connectivity index (χ1v) is 19.5. The summed E-state index contributed by atoms with van der Waals surface area (Å²) in [5.41, 5.74) is 7.45. The molecular weight excluding hydrogens is 721 g/mol. The molecule has 6 rings (SSSR count). The Labute approximate surface area is 332 Å². The van der Waals surface area contributed by atoms with E-state index < -0.39 is 0 Å². The Balaban J connectivity index is 1.03. The van der Waals surface area contributed by atoms with E-state index >= 15 is 0 Å². The van der Waals surface area contributed by atoms with E-state index in [-0.39, 0.29) is 48.8 Å². The van der Waals surface area contributed by atoms with E-state index in [2.05, 4.69) is 50.1 Å². The van der Waals surface area contributed by atoms with Crippen LogP contribution in [0.1, 0.15) is 81.9 Å². The zero-order valence-electron chi connectivity index (χ0n) is 33.0. The number of carbonyl (C=O) groups excluding carboxylic acids is 5. The van der Waals surface area contributed by atoms with E-state index in [1.54, 1.807) is 36.5 Å². The molecular formula is C44H50N8O5. The topological polar surface area (TPSA) is 170 Å². The molecule has 0 fully saturated rings. The number of nitrogens with zero attached hydrogens (tertiary/aromatic N) is 3. The average Bonchev–Trinajstić information content (AvgIpc) is 3.85. The van der Waals surface area contributed by atoms with Crippen LogP contribution in [0.4, 0.5) is 16.2 Å². The van der Waals surface area contributed by atoms with Gasteiger partial charge in [-0.25, -0.2) is 9.48 Å². The van der Waals surface area contributed by atoms with Crippen molar-refractivity contribution in [2.75, 3.05) is 43.4 Å². The van der Waals surface area contributed by atoms with E-state index in [9.17, 15) is 24.0 Å². The first-order chi connectivity index (χ1) is 27.5. The number of fused-ring (bicyclic) bond motifs is 2. The molecule has 0 aliphatic carbocycles. The molecule has 5 aromatic rings. The van der Waals surface area contributed by atoms with Gasteiger partial charge in [-0.3, -0.25) is 19.2 Å². The summed E-state index contributed by atoms with van der Waals surface area (Å²) < 4.78 is 1.31. The number of anilines is 2. The monoisotopic (exact) mass is 770 g/mol. The maximum Gasteiger partial charge on any atom is 0.319 e. The maximum absolute atomic E-state index is 13.2. The summed E-state index contributed by atoms with van der Waals surface area (Å²) in [5, 5.41) is 16.6. The smallest absolute Gasteiger partial charge is 0.319 e. The summed E-state index contributed by atoms with van der Waals surface area (Å²) >= 11 is 0. The number of rotatable bonds is 17. The van der Waals surface area contributed by atoms with Crippen LogP contribution in [-0.2, 0) is 22.4 Å². The molecule has 57 heavy (non-hydrogen) atoms. The van der Waals surface area contributed by atoms with Crippen molar-refractivity contribution in [2.24, 2.45) is 0 Å². The average molecular weight is 771 g/mol. The summed E-state index contributed by atoms with van der Waals surface area (Å²) in [6.07, 6.45) is 4.85. The van der Waals surface area contributed by atoms with Crippen molar-refractivity contribution in [3.05, 3.63) is 112 Å². The third-order valence-electron chi connectivity index (χ3n) is 10.3. The summed E-state index contributed by atoms with van der Waals surface area (Å²) in [5.74, 6) is -0.713. The summed E-state index contributed by atoms with van der Waals surface area (Å²) in [4.78, 5) is 70.6. The number of hydrogen-bond acceptors (Lipinski definition) is 7. The van der Waals surface area contributed by atoms with Crippen molar-refractivity contribution in [2.45, 2.75) is 59.8 Å². The number of hydrogen-bond donors (Lipinski definition) is 5. The number of nitrogens with one attached hydrogen (secondary N) is 5. The Bertz CT molecular complexity index is 2320. The Morgan fingerprint density at radius 3 is 2.46 bits per heavy atom. The molecule has 296 valence electrons. The minimum Gasteiger partial charge on any atom is -0.358 e. The number of aromatic amines is 1. The van der Waals surface area contributed by atoms with Gasteiger partial charge in [0.1, 0.15) is 5.78 Å². The molecule has 13 nitrogen and oxygen atoms in total. The molecule has 5 N–H and O–H groups in total. The number of urea groups is 1. The second-order valence-electron chi connectivity index (χ2n) is 14.2. The number of aromatic nitrogens is 3. The largest absolute Gasteiger partial charge is 0.358 e. The van der Waals surface area contributed by atoms with Gasteiger partial charge >= 0.3 is 6.03 Å². The number of carbonyl (C=O) groups is 5. The second-order valence-corrected chi connectivity index (χ2v) is 14.2. The Morgan fingerprint density at radius 2 is 1.68 bits per heavy atom. The lowest BCUT2D eigenvalue weighted by atomic mass is 9.98. The van der Waals surface area contributed by atoms with E-state index in [1.807, 2.05) is 56.3 Å². The Kier molecular flexibility index (Phi) is 13.1. The third-order valence-corrected chi connectivity index (χ3v) is 10.3. The van der Waals surface area contributed by atoms with E-state index in [4.69, 9.17) is 0 Å². The highest BCUT2D eigenvalue weighted by atomic mass is 16.2. The van der Waals surface area contributed by atoms with Crippen LogP contribution in [0.5, 0.6) is 0 Å². The number of ketones is 1. The highest BCUT2D eigenvalue weighted by Crippen LogP contribution is 2.35. The molecule has 0 unspecified atom stereocenters. The van der Waals surface area contributed by atoms with Crippen LogP contribution in [0, 0.1) is 13.8 Å². The molecule has 1 aliphatic rings.